The largest absolute Gasteiger partial charge is 0.396 e. The highest BCUT2D eigenvalue weighted by atomic mass is 14.9. The zero-order valence-corrected chi connectivity index (χ0v) is 14.8. The van der Waals surface area contributed by atoms with Crippen molar-refractivity contribution in [2.75, 3.05) is 0 Å². The van der Waals surface area contributed by atoms with E-state index in [0.29, 0.717) is 12.7 Å². The summed E-state index contributed by atoms with van der Waals surface area (Å²) >= 11 is 0. The van der Waals surface area contributed by atoms with Gasteiger partial charge in [0.2, 0.25) is 0 Å². The second-order valence-electron chi connectivity index (χ2n) is 6.77. The van der Waals surface area contributed by atoms with Gasteiger partial charge in [-0.15, -0.1) is 0 Å². The van der Waals surface area contributed by atoms with Gasteiger partial charge >= 0.3 is 0 Å². The van der Waals surface area contributed by atoms with Crippen LogP contribution in [0.4, 0.5) is 0 Å². The molecule has 2 heterocycles. The normalized spacial score (nSPS) is 17.2. The Labute approximate surface area is 146 Å². The molecule has 1 atom stereocenters. The molecule has 0 radical (unpaired) electrons. The summed E-state index contributed by atoms with van der Waals surface area (Å²) in [4.78, 5) is 0. The standard InChI is InChI=1S/C14H16BN.C8H10/c1-10(2)12-5-3-4-11-8-14-15(6-7-16-14)9-13(11)12;1-2-8-6-4-3-5-7-8/h3-7,14,16H,1,8-9H2,2H3;3-7H,2H2,1H3. The first-order valence-electron chi connectivity index (χ1n) is 8.92. The second kappa shape index (κ2) is 7.57. The smallest absolute Gasteiger partial charge is 0.198 e. The van der Waals surface area contributed by atoms with Gasteiger partial charge in [-0.1, -0.05) is 73.6 Å². The molecule has 24 heavy (non-hydrogen) atoms. The first-order chi connectivity index (χ1) is 11.7. The van der Waals surface area contributed by atoms with Gasteiger partial charge in [0, 0.05) is 5.94 Å². The average molecular weight is 315 g/mol. The minimum Gasteiger partial charge on any atom is -0.396 e. The number of fused-ring (bicyclic) bond motifs is 2. The number of allylic oxidation sites excluding steroid dienone is 1. The van der Waals surface area contributed by atoms with Crippen molar-refractivity contribution in [2.24, 2.45) is 0 Å². The van der Waals surface area contributed by atoms with Crippen LogP contribution in [0.3, 0.4) is 0 Å². The van der Waals surface area contributed by atoms with Crippen LogP contribution in [0.5, 0.6) is 0 Å². The number of benzene rings is 2. The van der Waals surface area contributed by atoms with Crippen LogP contribution in [0.1, 0.15) is 36.1 Å². The molecule has 2 aliphatic rings. The number of rotatable bonds is 2. The predicted octanol–water partition coefficient (Wildman–Crippen LogP) is 4.67. The van der Waals surface area contributed by atoms with Crippen molar-refractivity contribution in [3.63, 3.8) is 0 Å². The fraction of sp³-hybridized carbons (Fsp3) is 0.273. The SMILES string of the molecule is C=C(C)c1cccc2c1CB1C=CNC1C2.CCc1ccccc1. The first-order valence-corrected chi connectivity index (χ1v) is 8.92. The van der Waals surface area contributed by atoms with E-state index in [1.807, 2.05) is 6.07 Å². The molecule has 2 aromatic carbocycles. The maximum absolute atomic E-state index is 4.09. The van der Waals surface area contributed by atoms with Crippen molar-refractivity contribution in [3.05, 3.63) is 89.5 Å². The van der Waals surface area contributed by atoms with Gasteiger partial charge in [0.15, 0.2) is 6.71 Å². The van der Waals surface area contributed by atoms with Crippen LogP contribution in [0, 0.1) is 0 Å². The lowest BCUT2D eigenvalue weighted by Crippen LogP contribution is -2.42. The summed E-state index contributed by atoms with van der Waals surface area (Å²) in [6.45, 7) is 9.02. The maximum atomic E-state index is 4.09. The molecule has 1 unspecified atom stereocenters. The molecule has 4 rings (SSSR count). The average Bonchev–Trinajstić information content (AvgIpc) is 3.07. The van der Waals surface area contributed by atoms with Gasteiger partial charge in [-0.25, -0.2) is 0 Å². The summed E-state index contributed by atoms with van der Waals surface area (Å²) in [7, 11) is 0. The van der Waals surface area contributed by atoms with Crippen molar-refractivity contribution in [1.82, 2.24) is 5.32 Å². The zero-order valence-electron chi connectivity index (χ0n) is 14.8. The highest BCUT2D eigenvalue weighted by Gasteiger charge is 2.32. The molecule has 0 bridgehead atoms. The third kappa shape index (κ3) is 3.64. The van der Waals surface area contributed by atoms with Gasteiger partial charge in [-0.3, -0.25) is 0 Å². The summed E-state index contributed by atoms with van der Waals surface area (Å²) in [5.74, 6) is 2.93. The van der Waals surface area contributed by atoms with Crippen LogP contribution in [-0.4, -0.2) is 12.7 Å². The number of hydrogen-bond donors (Lipinski definition) is 1. The van der Waals surface area contributed by atoms with E-state index in [9.17, 15) is 0 Å². The molecule has 0 saturated carbocycles. The summed E-state index contributed by atoms with van der Waals surface area (Å²) < 4.78 is 0. The molecule has 0 amide bonds. The molecule has 2 heteroatoms. The monoisotopic (exact) mass is 315 g/mol. The number of aryl methyl sites for hydroxylation is 1. The Morgan fingerprint density at radius 2 is 1.96 bits per heavy atom. The van der Waals surface area contributed by atoms with E-state index in [2.05, 4.69) is 80.4 Å². The lowest BCUT2D eigenvalue weighted by atomic mass is 9.39. The van der Waals surface area contributed by atoms with Crippen molar-refractivity contribution in [1.29, 1.82) is 0 Å². The van der Waals surface area contributed by atoms with E-state index in [-0.39, 0.29) is 0 Å². The number of hydrogen-bond acceptors (Lipinski definition) is 1. The van der Waals surface area contributed by atoms with Crippen LogP contribution in [0.2, 0.25) is 0 Å². The third-order valence-electron chi connectivity index (χ3n) is 5.03. The van der Waals surface area contributed by atoms with E-state index >= 15 is 0 Å². The number of nitrogens with one attached hydrogen (secondary N) is 1. The summed E-state index contributed by atoms with van der Waals surface area (Å²) in [5, 5.41) is 3.45. The molecule has 2 aliphatic heterocycles. The molecular weight excluding hydrogens is 289 g/mol. The van der Waals surface area contributed by atoms with E-state index < -0.39 is 0 Å². The Kier molecular flexibility index (Phi) is 5.25. The fourth-order valence-electron chi connectivity index (χ4n) is 3.63. The summed E-state index contributed by atoms with van der Waals surface area (Å²) in [6, 6.07) is 17.1. The molecule has 2 aromatic rings. The maximum Gasteiger partial charge on any atom is 0.198 e. The molecule has 0 saturated heterocycles. The summed E-state index contributed by atoms with van der Waals surface area (Å²) in [5.41, 5.74) is 6.97. The Morgan fingerprint density at radius 3 is 2.62 bits per heavy atom. The lowest BCUT2D eigenvalue weighted by molar-refractivity contribution is 0.738. The molecule has 122 valence electrons. The van der Waals surface area contributed by atoms with Crippen molar-refractivity contribution in [2.45, 2.75) is 39.0 Å². The van der Waals surface area contributed by atoms with E-state index in [1.165, 1.54) is 27.8 Å². The van der Waals surface area contributed by atoms with Gasteiger partial charge < -0.3 is 5.32 Å². The predicted molar refractivity (Wildman–Crippen MR) is 106 cm³/mol. The Balaban J connectivity index is 0.000000179. The molecule has 1 N–H and O–H groups in total. The molecule has 0 fully saturated rings. The van der Waals surface area contributed by atoms with E-state index in [4.69, 9.17) is 0 Å². The van der Waals surface area contributed by atoms with Gasteiger partial charge in [0.25, 0.3) is 0 Å². The molecule has 0 aliphatic carbocycles. The molecule has 0 aromatic heterocycles. The van der Waals surface area contributed by atoms with Crippen molar-refractivity contribution >= 4 is 12.3 Å². The molecule has 0 spiro atoms. The van der Waals surface area contributed by atoms with Crippen LogP contribution in [0.25, 0.3) is 5.57 Å². The highest BCUT2D eigenvalue weighted by Crippen LogP contribution is 2.29. The Hall–Kier alpha value is -2.22. The van der Waals surface area contributed by atoms with Crippen LogP contribution >= 0.6 is 0 Å². The van der Waals surface area contributed by atoms with Gasteiger partial charge in [-0.2, -0.15) is 0 Å². The molecule has 1 nitrogen and oxygen atoms in total. The fourth-order valence-corrected chi connectivity index (χ4v) is 3.63. The van der Waals surface area contributed by atoms with Crippen molar-refractivity contribution < 1.29 is 0 Å². The van der Waals surface area contributed by atoms with E-state index in [0.717, 1.165) is 19.2 Å². The quantitative estimate of drug-likeness (QED) is 0.795. The van der Waals surface area contributed by atoms with Crippen LogP contribution in [-0.2, 0) is 19.2 Å². The van der Waals surface area contributed by atoms with Crippen molar-refractivity contribution in [3.8, 4) is 0 Å². The zero-order chi connectivity index (χ0) is 16.9. The first kappa shape index (κ1) is 16.6. The van der Waals surface area contributed by atoms with Gasteiger partial charge in [-0.05, 0) is 54.5 Å². The van der Waals surface area contributed by atoms with Gasteiger partial charge in [0.05, 0.1) is 0 Å². The minimum atomic E-state index is 0.618. The Morgan fingerprint density at radius 1 is 1.17 bits per heavy atom. The third-order valence-corrected chi connectivity index (χ3v) is 5.03. The van der Waals surface area contributed by atoms with E-state index in [1.54, 1.807) is 0 Å². The van der Waals surface area contributed by atoms with Gasteiger partial charge in [0.1, 0.15) is 0 Å². The topological polar surface area (TPSA) is 12.0 Å². The van der Waals surface area contributed by atoms with Crippen LogP contribution < -0.4 is 5.32 Å². The Bertz CT molecular complexity index is 733. The summed E-state index contributed by atoms with van der Waals surface area (Å²) in [6.07, 6.45) is 5.56. The minimum absolute atomic E-state index is 0.618. The second-order valence-corrected chi connectivity index (χ2v) is 6.77. The highest BCUT2D eigenvalue weighted by molar-refractivity contribution is 6.66. The van der Waals surface area contributed by atoms with Crippen LogP contribution in [0.15, 0.2) is 67.3 Å². The lowest BCUT2D eigenvalue weighted by Gasteiger charge is -2.27. The molecular formula is C22H26BN.